The molecule has 3 rings (SSSR count). The van der Waals surface area contributed by atoms with Crippen molar-refractivity contribution in [1.29, 1.82) is 0 Å². The fourth-order valence-electron chi connectivity index (χ4n) is 2.88. The van der Waals surface area contributed by atoms with E-state index < -0.39 is 0 Å². The highest BCUT2D eigenvalue weighted by atomic mass is 19.1. The first kappa shape index (κ1) is 14.7. The molecule has 0 amide bonds. The van der Waals surface area contributed by atoms with Gasteiger partial charge in [-0.15, -0.1) is 0 Å². The zero-order valence-corrected chi connectivity index (χ0v) is 13.1. The van der Waals surface area contributed by atoms with Gasteiger partial charge >= 0.3 is 0 Å². The van der Waals surface area contributed by atoms with Crippen molar-refractivity contribution in [3.63, 3.8) is 0 Å². The van der Waals surface area contributed by atoms with Gasteiger partial charge in [0.25, 0.3) is 0 Å². The second-order valence-corrected chi connectivity index (χ2v) is 5.42. The largest absolute Gasteiger partial charge is 0.383 e. The maximum Gasteiger partial charge on any atom is 0.123 e. The van der Waals surface area contributed by atoms with Crippen molar-refractivity contribution in [3.05, 3.63) is 53.6 Å². The standard InChI is InChI=1S/C18H19FN2O/c1-12-13(2)21(10-11-22-3)18-16(12)8-9-20-17(18)14-4-6-15(19)7-5-14/h4-9H,10-11H2,1-3H3. The van der Waals surface area contributed by atoms with Crippen molar-refractivity contribution in [2.45, 2.75) is 20.4 Å². The number of hydrogen-bond donors (Lipinski definition) is 0. The molecule has 22 heavy (non-hydrogen) atoms. The number of methoxy groups -OCH3 is 1. The van der Waals surface area contributed by atoms with Crippen molar-refractivity contribution in [2.24, 2.45) is 0 Å². The molecular formula is C18H19FN2O. The van der Waals surface area contributed by atoms with Crippen LogP contribution in [-0.4, -0.2) is 23.3 Å². The third-order valence-corrected chi connectivity index (χ3v) is 4.18. The highest BCUT2D eigenvalue weighted by molar-refractivity contribution is 5.95. The quantitative estimate of drug-likeness (QED) is 0.725. The number of pyridine rings is 1. The molecular weight excluding hydrogens is 279 g/mol. The molecule has 0 fully saturated rings. The zero-order valence-electron chi connectivity index (χ0n) is 13.1. The lowest BCUT2D eigenvalue weighted by Gasteiger charge is -2.11. The van der Waals surface area contributed by atoms with E-state index in [9.17, 15) is 4.39 Å². The highest BCUT2D eigenvalue weighted by Gasteiger charge is 2.16. The van der Waals surface area contributed by atoms with Crippen molar-refractivity contribution in [2.75, 3.05) is 13.7 Å². The van der Waals surface area contributed by atoms with Gasteiger partial charge in [0.05, 0.1) is 17.8 Å². The zero-order chi connectivity index (χ0) is 15.7. The van der Waals surface area contributed by atoms with E-state index in [-0.39, 0.29) is 5.82 Å². The van der Waals surface area contributed by atoms with Gasteiger partial charge in [-0.25, -0.2) is 4.39 Å². The molecule has 0 bridgehead atoms. The molecule has 4 heteroatoms. The van der Waals surface area contributed by atoms with Crippen LogP contribution in [0.15, 0.2) is 36.5 Å². The summed E-state index contributed by atoms with van der Waals surface area (Å²) in [6.07, 6.45) is 1.81. The monoisotopic (exact) mass is 298 g/mol. The molecule has 2 aromatic heterocycles. The molecule has 0 spiro atoms. The van der Waals surface area contributed by atoms with Crippen LogP contribution in [0, 0.1) is 19.7 Å². The molecule has 0 unspecified atom stereocenters. The van der Waals surface area contributed by atoms with Gasteiger partial charge in [-0.2, -0.15) is 0 Å². The van der Waals surface area contributed by atoms with Crippen LogP contribution in [0.4, 0.5) is 4.39 Å². The Morgan fingerprint density at radius 3 is 2.55 bits per heavy atom. The normalized spacial score (nSPS) is 11.3. The minimum absolute atomic E-state index is 0.238. The van der Waals surface area contributed by atoms with Crippen LogP contribution in [0.25, 0.3) is 22.2 Å². The minimum Gasteiger partial charge on any atom is -0.383 e. The smallest absolute Gasteiger partial charge is 0.123 e. The van der Waals surface area contributed by atoms with E-state index in [0.717, 1.165) is 23.3 Å². The van der Waals surface area contributed by atoms with Crippen molar-refractivity contribution >= 4 is 10.9 Å². The molecule has 0 aliphatic carbocycles. The molecule has 0 radical (unpaired) electrons. The number of benzene rings is 1. The van der Waals surface area contributed by atoms with Crippen molar-refractivity contribution in [1.82, 2.24) is 9.55 Å². The molecule has 3 nitrogen and oxygen atoms in total. The van der Waals surface area contributed by atoms with Gasteiger partial charge in [0.2, 0.25) is 0 Å². The number of nitrogens with zero attached hydrogens (tertiary/aromatic N) is 2. The Morgan fingerprint density at radius 2 is 1.86 bits per heavy atom. The first-order valence-corrected chi connectivity index (χ1v) is 7.32. The Balaban J connectivity index is 2.26. The molecule has 0 aliphatic heterocycles. The lowest BCUT2D eigenvalue weighted by Crippen LogP contribution is -2.06. The molecule has 0 saturated carbocycles. The van der Waals surface area contributed by atoms with E-state index in [1.54, 1.807) is 19.2 Å². The molecule has 114 valence electrons. The van der Waals surface area contributed by atoms with Crippen LogP contribution in [-0.2, 0) is 11.3 Å². The summed E-state index contributed by atoms with van der Waals surface area (Å²) in [5, 5.41) is 1.18. The average Bonchev–Trinajstić information content (AvgIpc) is 2.78. The van der Waals surface area contributed by atoms with Crippen LogP contribution in [0.1, 0.15) is 11.3 Å². The van der Waals surface area contributed by atoms with Gasteiger partial charge in [0, 0.05) is 36.5 Å². The first-order chi connectivity index (χ1) is 10.6. The van der Waals surface area contributed by atoms with E-state index >= 15 is 0 Å². The summed E-state index contributed by atoms with van der Waals surface area (Å²) in [4.78, 5) is 4.55. The Morgan fingerprint density at radius 1 is 1.14 bits per heavy atom. The summed E-state index contributed by atoms with van der Waals surface area (Å²) < 4.78 is 20.7. The van der Waals surface area contributed by atoms with Crippen molar-refractivity contribution < 1.29 is 9.13 Å². The van der Waals surface area contributed by atoms with E-state index in [4.69, 9.17) is 4.74 Å². The Bertz CT molecular complexity index is 806. The number of hydrogen-bond acceptors (Lipinski definition) is 2. The predicted molar refractivity (Wildman–Crippen MR) is 86.5 cm³/mol. The highest BCUT2D eigenvalue weighted by Crippen LogP contribution is 2.32. The van der Waals surface area contributed by atoms with Crippen LogP contribution in [0.3, 0.4) is 0 Å². The van der Waals surface area contributed by atoms with Crippen LogP contribution < -0.4 is 0 Å². The maximum absolute atomic E-state index is 13.2. The Hall–Kier alpha value is -2.20. The van der Waals surface area contributed by atoms with Gasteiger partial charge in [0.15, 0.2) is 0 Å². The van der Waals surface area contributed by atoms with E-state index in [1.807, 2.05) is 12.3 Å². The summed E-state index contributed by atoms with van der Waals surface area (Å²) in [5.74, 6) is -0.238. The summed E-state index contributed by atoms with van der Waals surface area (Å²) >= 11 is 0. The lowest BCUT2D eigenvalue weighted by molar-refractivity contribution is 0.188. The Kier molecular flexibility index (Phi) is 3.94. The predicted octanol–water partition coefficient (Wildman–Crippen LogP) is 4.11. The number of aromatic nitrogens is 2. The molecule has 0 atom stereocenters. The molecule has 1 aromatic carbocycles. The average molecular weight is 298 g/mol. The van der Waals surface area contributed by atoms with E-state index in [2.05, 4.69) is 23.4 Å². The summed E-state index contributed by atoms with van der Waals surface area (Å²) in [7, 11) is 1.70. The summed E-state index contributed by atoms with van der Waals surface area (Å²) in [5.41, 5.74) is 5.34. The molecule has 0 N–H and O–H groups in total. The first-order valence-electron chi connectivity index (χ1n) is 7.32. The molecule has 0 aliphatic rings. The van der Waals surface area contributed by atoms with Gasteiger partial charge in [0.1, 0.15) is 5.82 Å². The van der Waals surface area contributed by atoms with E-state index in [0.29, 0.717) is 6.61 Å². The van der Waals surface area contributed by atoms with Gasteiger partial charge < -0.3 is 9.30 Å². The second kappa shape index (κ2) is 5.89. The number of halogens is 1. The van der Waals surface area contributed by atoms with Gasteiger partial charge in [-0.3, -0.25) is 4.98 Å². The number of aryl methyl sites for hydroxylation is 1. The van der Waals surface area contributed by atoms with E-state index in [1.165, 1.54) is 28.8 Å². The second-order valence-electron chi connectivity index (χ2n) is 5.42. The van der Waals surface area contributed by atoms with Crippen LogP contribution >= 0.6 is 0 Å². The Labute approximate surface area is 129 Å². The summed E-state index contributed by atoms with van der Waals surface area (Å²) in [6.45, 7) is 5.64. The number of fused-ring (bicyclic) bond motifs is 1. The fourth-order valence-corrected chi connectivity index (χ4v) is 2.88. The third-order valence-electron chi connectivity index (χ3n) is 4.18. The molecule has 2 heterocycles. The molecule has 0 saturated heterocycles. The molecule has 3 aromatic rings. The van der Waals surface area contributed by atoms with Gasteiger partial charge in [-0.05, 0) is 49.7 Å². The van der Waals surface area contributed by atoms with Crippen LogP contribution in [0.2, 0.25) is 0 Å². The number of ether oxygens (including phenoxy) is 1. The van der Waals surface area contributed by atoms with Crippen LogP contribution in [0.5, 0.6) is 0 Å². The minimum atomic E-state index is -0.238. The van der Waals surface area contributed by atoms with Gasteiger partial charge in [-0.1, -0.05) is 0 Å². The lowest BCUT2D eigenvalue weighted by atomic mass is 10.1. The maximum atomic E-state index is 13.2. The van der Waals surface area contributed by atoms with Crippen molar-refractivity contribution in [3.8, 4) is 11.3 Å². The summed E-state index contributed by atoms with van der Waals surface area (Å²) in [6, 6.07) is 8.52. The topological polar surface area (TPSA) is 27.1 Å². The SMILES string of the molecule is COCCn1c(C)c(C)c2ccnc(-c3ccc(F)cc3)c21. The fraction of sp³-hybridized carbons (Fsp3) is 0.278. The number of rotatable bonds is 4. The third kappa shape index (κ3) is 2.40.